The van der Waals surface area contributed by atoms with E-state index in [2.05, 4.69) is 0 Å². The van der Waals surface area contributed by atoms with E-state index in [0.29, 0.717) is 34.7 Å². The molecule has 0 radical (unpaired) electrons. The van der Waals surface area contributed by atoms with Crippen molar-refractivity contribution in [1.82, 2.24) is 0 Å². The molecule has 2 aliphatic carbocycles. The molecule has 0 amide bonds. The first-order valence-electron chi connectivity index (χ1n) is 5.88. The van der Waals surface area contributed by atoms with Crippen LogP contribution in [-0.2, 0) is 19.3 Å². The number of allylic oxidation sites excluding steroid dienone is 2. The van der Waals surface area contributed by atoms with Gasteiger partial charge in [0, 0.05) is 0 Å². The third-order valence-corrected chi connectivity index (χ3v) is 3.81. The molecule has 84 valence electrons. The van der Waals surface area contributed by atoms with E-state index < -0.39 is 0 Å². The van der Waals surface area contributed by atoms with Crippen LogP contribution in [0.15, 0.2) is 24.3 Å². The van der Waals surface area contributed by atoms with Crippen molar-refractivity contribution in [2.24, 2.45) is 0 Å². The van der Waals surface area contributed by atoms with Gasteiger partial charge >= 0.3 is 103 Å². The first-order valence-corrected chi connectivity index (χ1v) is 5.88. The molecule has 4 heteroatoms. The molecular formula is C15H10K2O2. The van der Waals surface area contributed by atoms with Gasteiger partial charge < -0.3 is 10.2 Å². The molecule has 2 aliphatic rings. The molecule has 2 nitrogen and oxygen atoms in total. The van der Waals surface area contributed by atoms with E-state index in [-0.39, 0.29) is 114 Å². The van der Waals surface area contributed by atoms with Gasteiger partial charge in [-0.05, 0) is 52.3 Å². The van der Waals surface area contributed by atoms with Gasteiger partial charge in [0.1, 0.15) is 0 Å². The molecule has 0 saturated carbocycles. The van der Waals surface area contributed by atoms with Crippen LogP contribution >= 0.6 is 0 Å². The number of hydrogen-bond donors (Lipinski definition) is 0. The Bertz CT molecular complexity index is 647. The number of hydrogen-bond acceptors (Lipinski definition) is 2. The van der Waals surface area contributed by atoms with E-state index >= 15 is 0 Å². The Hall–Kier alpha value is 1.31. The molecule has 0 fully saturated rings. The van der Waals surface area contributed by atoms with Gasteiger partial charge in [0.15, 0.2) is 0 Å². The van der Waals surface area contributed by atoms with Crippen molar-refractivity contribution in [3.8, 4) is 11.5 Å². The Morgan fingerprint density at radius 3 is 1.58 bits per heavy atom. The Kier molecular flexibility index (Phi) is 5.45. The smallest absolute Gasteiger partial charge is 0.872 e. The minimum Gasteiger partial charge on any atom is -0.872 e. The van der Waals surface area contributed by atoms with E-state index in [1.54, 1.807) is 0 Å². The Morgan fingerprint density at radius 1 is 0.737 bits per heavy atom. The minimum atomic E-state index is 0. The van der Waals surface area contributed by atoms with Gasteiger partial charge in [0.2, 0.25) is 0 Å². The standard InChI is InChI=1S/C15H12O2.2K/c16-14-10-3-1-2-4-11(10)15(17)13-7-9-5-8(9)6-12(13)14;;/h1-2,6-7,16-17H,3-5H2;;/q;2*+1/p-2. The predicted octanol–water partition coefficient (Wildman–Crippen LogP) is -4.45. The van der Waals surface area contributed by atoms with Crippen LogP contribution in [0.5, 0.6) is 11.5 Å². The largest absolute Gasteiger partial charge is 1.00 e. The summed E-state index contributed by atoms with van der Waals surface area (Å²) < 4.78 is 0. The van der Waals surface area contributed by atoms with Gasteiger partial charge in [0.25, 0.3) is 0 Å². The van der Waals surface area contributed by atoms with Crippen LogP contribution in [0.25, 0.3) is 10.8 Å². The first kappa shape index (κ1) is 16.7. The van der Waals surface area contributed by atoms with Gasteiger partial charge in [-0.15, -0.1) is 0 Å². The quantitative estimate of drug-likeness (QED) is 0.311. The molecule has 0 saturated heterocycles. The van der Waals surface area contributed by atoms with Crippen molar-refractivity contribution < 1.29 is 113 Å². The fourth-order valence-corrected chi connectivity index (χ4v) is 2.76. The van der Waals surface area contributed by atoms with Crippen molar-refractivity contribution in [2.45, 2.75) is 19.3 Å². The zero-order valence-electron chi connectivity index (χ0n) is 11.2. The first-order chi connectivity index (χ1) is 8.25. The second-order valence-corrected chi connectivity index (χ2v) is 4.84. The van der Waals surface area contributed by atoms with Gasteiger partial charge in [-0.1, -0.05) is 35.8 Å². The fourth-order valence-electron chi connectivity index (χ4n) is 2.76. The van der Waals surface area contributed by atoms with Crippen molar-refractivity contribution in [1.29, 1.82) is 0 Å². The molecular weight excluding hydrogens is 290 g/mol. The van der Waals surface area contributed by atoms with Crippen LogP contribution < -0.4 is 113 Å². The van der Waals surface area contributed by atoms with Crippen LogP contribution in [0, 0.1) is 0 Å². The summed E-state index contributed by atoms with van der Waals surface area (Å²) in [5, 5.41) is 25.9. The van der Waals surface area contributed by atoms with Crippen molar-refractivity contribution in [3.05, 3.63) is 46.5 Å². The summed E-state index contributed by atoms with van der Waals surface area (Å²) in [6.45, 7) is 0. The molecule has 19 heavy (non-hydrogen) atoms. The van der Waals surface area contributed by atoms with Crippen molar-refractivity contribution >= 4 is 10.8 Å². The Morgan fingerprint density at radius 2 is 1.16 bits per heavy atom. The van der Waals surface area contributed by atoms with E-state index in [4.69, 9.17) is 0 Å². The summed E-state index contributed by atoms with van der Waals surface area (Å²) in [6.07, 6.45) is 6.11. The molecule has 0 atom stereocenters. The fraction of sp³-hybridized carbons (Fsp3) is 0.200. The normalized spacial score (nSPS) is 14.1. The van der Waals surface area contributed by atoms with Crippen LogP contribution in [0.4, 0.5) is 0 Å². The van der Waals surface area contributed by atoms with Crippen LogP contribution in [-0.4, -0.2) is 0 Å². The summed E-state index contributed by atoms with van der Waals surface area (Å²) in [4.78, 5) is 0. The van der Waals surface area contributed by atoms with Gasteiger partial charge in [-0.2, -0.15) is 0 Å². The number of rotatable bonds is 0. The molecule has 4 rings (SSSR count). The summed E-state index contributed by atoms with van der Waals surface area (Å²) in [7, 11) is 0. The van der Waals surface area contributed by atoms with Gasteiger partial charge in [-0.25, -0.2) is 0 Å². The molecule has 0 bridgehead atoms. The topological polar surface area (TPSA) is 46.1 Å². The molecule has 2 aromatic carbocycles. The second kappa shape index (κ2) is 6.20. The van der Waals surface area contributed by atoms with Crippen molar-refractivity contribution in [2.75, 3.05) is 0 Å². The maximum Gasteiger partial charge on any atom is 1.00 e. The zero-order valence-corrected chi connectivity index (χ0v) is 17.5. The second-order valence-electron chi connectivity index (χ2n) is 4.84. The molecule has 0 N–H and O–H groups in total. The maximum absolute atomic E-state index is 12.3. The summed E-state index contributed by atoms with van der Waals surface area (Å²) in [5.41, 5.74) is 3.87. The van der Waals surface area contributed by atoms with Crippen LogP contribution in [0.3, 0.4) is 0 Å². The predicted molar refractivity (Wildman–Crippen MR) is 62.2 cm³/mol. The molecule has 0 aromatic heterocycles. The van der Waals surface area contributed by atoms with Crippen LogP contribution in [0.2, 0.25) is 0 Å². The number of fused-ring (bicyclic) bond motifs is 3. The van der Waals surface area contributed by atoms with E-state index in [0.717, 1.165) is 6.42 Å². The monoisotopic (exact) mass is 300 g/mol. The summed E-state index contributed by atoms with van der Waals surface area (Å²) in [5.74, 6) is 0.127. The average molecular weight is 300 g/mol. The SMILES string of the molecule is [K+].[K+].[O-]c1c2c(c([O-])c3cc4c(cc13)C4)CC=CC2. The molecule has 0 heterocycles. The molecule has 0 unspecified atom stereocenters. The molecule has 0 aliphatic heterocycles. The zero-order chi connectivity index (χ0) is 11.6. The van der Waals surface area contributed by atoms with E-state index in [9.17, 15) is 10.2 Å². The Balaban J connectivity index is 0.000000667. The third kappa shape index (κ3) is 2.70. The molecule has 0 spiro atoms. The van der Waals surface area contributed by atoms with E-state index in [1.165, 1.54) is 11.1 Å². The average Bonchev–Trinajstić information content (AvgIpc) is 3.12. The third-order valence-electron chi connectivity index (χ3n) is 3.81. The van der Waals surface area contributed by atoms with E-state index in [1.807, 2.05) is 24.3 Å². The van der Waals surface area contributed by atoms with Crippen LogP contribution in [0.1, 0.15) is 22.3 Å². The summed E-state index contributed by atoms with van der Waals surface area (Å²) >= 11 is 0. The molecule has 2 aromatic rings. The Labute approximate surface area is 197 Å². The van der Waals surface area contributed by atoms with Gasteiger partial charge in [0.05, 0.1) is 0 Å². The van der Waals surface area contributed by atoms with Gasteiger partial charge in [-0.3, -0.25) is 0 Å². The minimum absolute atomic E-state index is 0. The summed E-state index contributed by atoms with van der Waals surface area (Å²) in [6, 6.07) is 3.82. The number of benzene rings is 2. The van der Waals surface area contributed by atoms with Crippen molar-refractivity contribution in [3.63, 3.8) is 0 Å². The maximum atomic E-state index is 12.3.